The molecule has 0 bridgehead atoms. The summed E-state index contributed by atoms with van der Waals surface area (Å²) in [5.74, 6) is 0. The van der Waals surface area contributed by atoms with Crippen LogP contribution in [0.3, 0.4) is 0 Å². The Morgan fingerprint density at radius 1 is 1.32 bits per heavy atom. The molecule has 2 rings (SSSR count). The molecular formula is C9H9F3N6S. The van der Waals surface area contributed by atoms with Gasteiger partial charge in [0, 0.05) is 6.20 Å². The van der Waals surface area contributed by atoms with E-state index in [2.05, 4.69) is 25.5 Å². The molecular weight excluding hydrogens is 281 g/mol. The van der Waals surface area contributed by atoms with Crippen molar-refractivity contribution in [3.63, 3.8) is 0 Å². The SMILES string of the molecule is CC(C)n1nnnc1Sc1nccc(C(F)(F)F)n1. The molecule has 0 aliphatic carbocycles. The number of hydrogen-bond donors (Lipinski definition) is 0. The second kappa shape index (κ2) is 5.11. The lowest BCUT2D eigenvalue weighted by molar-refractivity contribution is -0.141. The van der Waals surface area contributed by atoms with Crippen LogP contribution in [0.5, 0.6) is 0 Å². The lowest BCUT2D eigenvalue weighted by Gasteiger charge is -2.08. The van der Waals surface area contributed by atoms with Crippen LogP contribution in [0.15, 0.2) is 22.6 Å². The van der Waals surface area contributed by atoms with E-state index in [4.69, 9.17) is 0 Å². The highest BCUT2D eigenvalue weighted by Gasteiger charge is 2.33. The number of hydrogen-bond acceptors (Lipinski definition) is 6. The minimum Gasteiger partial charge on any atom is -0.231 e. The zero-order chi connectivity index (χ0) is 14.0. The van der Waals surface area contributed by atoms with Crippen LogP contribution < -0.4 is 0 Å². The maximum absolute atomic E-state index is 12.5. The maximum atomic E-state index is 12.5. The van der Waals surface area contributed by atoms with Crippen LogP contribution in [-0.4, -0.2) is 30.2 Å². The molecule has 0 spiro atoms. The van der Waals surface area contributed by atoms with E-state index in [0.29, 0.717) is 5.16 Å². The normalized spacial score (nSPS) is 12.1. The fraction of sp³-hybridized carbons (Fsp3) is 0.444. The lowest BCUT2D eigenvalue weighted by atomic mass is 10.4. The highest BCUT2D eigenvalue weighted by molar-refractivity contribution is 7.99. The molecule has 0 N–H and O–H groups in total. The van der Waals surface area contributed by atoms with E-state index in [1.807, 2.05) is 13.8 Å². The summed E-state index contributed by atoms with van der Waals surface area (Å²) in [4.78, 5) is 7.21. The molecule has 19 heavy (non-hydrogen) atoms. The molecule has 102 valence electrons. The molecule has 0 atom stereocenters. The Balaban J connectivity index is 2.26. The Morgan fingerprint density at radius 3 is 2.68 bits per heavy atom. The summed E-state index contributed by atoms with van der Waals surface area (Å²) in [5, 5.41) is 11.2. The third-order valence-corrected chi connectivity index (χ3v) is 2.89. The van der Waals surface area contributed by atoms with Gasteiger partial charge >= 0.3 is 6.18 Å². The van der Waals surface area contributed by atoms with Crippen LogP contribution in [0.4, 0.5) is 13.2 Å². The Morgan fingerprint density at radius 2 is 2.05 bits per heavy atom. The predicted molar refractivity (Wildman–Crippen MR) is 59.4 cm³/mol. The summed E-state index contributed by atoms with van der Waals surface area (Å²) in [6.45, 7) is 3.71. The van der Waals surface area contributed by atoms with Gasteiger partial charge in [-0.25, -0.2) is 14.6 Å². The van der Waals surface area contributed by atoms with E-state index in [-0.39, 0.29) is 11.2 Å². The van der Waals surface area contributed by atoms with Crippen molar-refractivity contribution in [2.45, 2.75) is 36.4 Å². The molecule has 0 unspecified atom stereocenters. The molecule has 0 amide bonds. The van der Waals surface area contributed by atoms with E-state index in [9.17, 15) is 13.2 Å². The van der Waals surface area contributed by atoms with Gasteiger partial charge in [0.25, 0.3) is 0 Å². The van der Waals surface area contributed by atoms with E-state index in [0.717, 1.165) is 24.0 Å². The summed E-state index contributed by atoms with van der Waals surface area (Å²) in [6.07, 6.45) is -3.44. The van der Waals surface area contributed by atoms with Gasteiger partial charge in [-0.1, -0.05) is 0 Å². The lowest BCUT2D eigenvalue weighted by Crippen LogP contribution is -2.09. The third-order valence-electron chi connectivity index (χ3n) is 2.06. The number of rotatable bonds is 3. The first-order valence-electron chi connectivity index (χ1n) is 5.24. The fourth-order valence-electron chi connectivity index (χ4n) is 1.21. The van der Waals surface area contributed by atoms with Gasteiger partial charge in [-0.3, -0.25) is 0 Å². The summed E-state index contributed by atoms with van der Waals surface area (Å²) in [7, 11) is 0. The van der Waals surface area contributed by atoms with Crippen LogP contribution in [-0.2, 0) is 6.18 Å². The average molecular weight is 290 g/mol. The highest BCUT2D eigenvalue weighted by atomic mass is 32.2. The molecule has 0 radical (unpaired) electrons. The largest absolute Gasteiger partial charge is 0.433 e. The van der Waals surface area contributed by atoms with Crippen molar-refractivity contribution in [1.29, 1.82) is 0 Å². The summed E-state index contributed by atoms with van der Waals surface area (Å²) < 4.78 is 39.0. The molecule has 2 aromatic rings. The van der Waals surface area contributed by atoms with Crippen molar-refractivity contribution >= 4 is 11.8 Å². The van der Waals surface area contributed by atoms with Crippen molar-refractivity contribution in [1.82, 2.24) is 30.2 Å². The summed E-state index contributed by atoms with van der Waals surface area (Å²) in [5.41, 5.74) is -0.992. The van der Waals surface area contributed by atoms with Crippen molar-refractivity contribution in [3.05, 3.63) is 18.0 Å². The minimum atomic E-state index is -4.50. The topological polar surface area (TPSA) is 69.4 Å². The number of halogens is 3. The number of tetrazole rings is 1. The van der Waals surface area contributed by atoms with Crippen molar-refractivity contribution in [2.75, 3.05) is 0 Å². The smallest absolute Gasteiger partial charge is 0.231 e. The van der Waals surface area contributed by atoms with Crippen LogP contribution in [0.25, 0.3) is 0 Å². The first kappa shape index (κ1) is 13.7. The standard InChI is InChI=1S/C9H9F3N6S/c1-5(2)18-8(15-16-17-18)19-7-13-4-3-6(14-7)9(10,11)12/h3-5H,1-2H3. The first-order valence-corrected chi connectivity index (χ1v) is 6.05. The highest BCUT2D eigenvalue weighted by Crippen LogP contribution is 2.30. The van der Waals surface area contributed by atoms with Crippen molar-refractivity contribution < 1.29 is 13.2 Å². The Hall–Kier alpha value is -1.71. The Kier molecular flexibility index (Phi) is 3.69. The van der Waals surface area contributed by atoms with Crippen molar-refractivity contribution in [2.24, 2.45) is 0 Å². The number of alkyl halides is 3. The maximum Gasteiger partial charge on any atom is 0.433 e. The number of nitrogens with zero attached hydrogens (tertiary/aromatic N) is 6. The molecule has 0 aliphatic heterocycles. The molecule has 2 aromatic heterocycles. The molecule has 0 aliphatic rings. The molecule has 0 saturated heterocycles. The fourth-order valence-corrected chi connectivity index (χ4v) is 2.05. The molecule has 0 aromatic carbocycles. The number of aromatic nitrogens is 6. The van der Waals surface area contributed by atoms with Crippen molar-refractivity contribution in [3.8, 4) is 0 Å². The van der Waals surface area contributed by atoms with Crippen LogP contribution in [0.1, 0.15) is 25.6 Å². The monoisotopic (exact) mass is 290 g/mol. The molecule has 0 fully saturated rings. The zero-order valence-corrected chi connectivity index (χ0v) is 10.8. The van der Waals surface area contributed by atoms with E-state index in [1.165, 1.54) is 4.68 Å². The van der Waals surface area contributed by atoms with Crippen LogP contribution in [0.2, 0.25) is 0 Å². The third kappa shape index (κ3) is 3.19. The summed E-state index contributed by atoms with van der Waals surface area (Å²) in [6, 6.07) is 0.804. The average Bonchev–Trinajstić information content (AvgIpc) is 2.76. The molecule has 2 heterocycles. The van der Waals surface area contributed by atoms with Gasteiger partial charge in [-0.2, -0.15) is 13.2 Å². The Labute approximate surface area is 110 Å². The second-order valence-electron chi connectivity index (χ2n) is 3.82. The Bertz CT molecular complexity index is 567. The molecule has 10 heteroatoms. The summed E-state index contributed by atoms with van der Waals surface area (Å²) >= 11 is 0.884. The van der Waals surface area contributed by atoms with Gasteiger partial charge in [-0.05, 0) is 42.1 Å². The second-order valence-corrected chi connectivity index (χ2v) is 4.76. The van der Waals surface area contributed by atoms with Crippen LogP contribution >= 0.6 is 11.8 Å². The molecule has 0 saturated carbocycles. The van der Waals surface area contributed by atoms with Gasteiger partial charge in [-0.15, -0.1) is 5.10 Å². The van der Waals surface area contributed by atoms with Crippen LogP contribution in [0, 0.1) is 0 Å². The van der Waals surface area contributed by atoms with Gasteiger partial charge in [0.05, 0.1) is 6.04 Å². The van der Waals surface area contributed by atoms with Gasteiger partial charge in [0.1, 0.15) is 5.69 Å². The van der Waals surface area contributed by atoms with Gasteiger partial charge in [0.2, 0.25) is 5.16 Å². The van der Waals surface area contributed by atoms with E-state index < -0.39 is 11.9 Å². The zero-order valence-electron chi connectivity index (χ0n) is 9.96. The first-order chi connectivity index (χ1) is 8.88. The van der Waals surface area contributed by atoms with E-state index >= 15 is 0 Å². The molecule has 6 nitrogen and oxygen atoms in total. The minimum absolute atomic E-state index is 0.0108. The van der Waals surface area contributed by atoms with Gasteiger partial charge < -0.3 is 0 Å². The predicted octanol–water partition coefficient (Wildman–Crippen LogP) is 2.21. The van der Waals surface area contributed by atoms with E-state index in [1.54, 1.807) is 0 Å². The van der Waals surface area contributed by atoms with Gasteiger partial charge in [0.15, 0.2) is 5.16 Å². The quantitative estimate of drug-likeness (QED) is 0.807.